The minimum atomic E-state index is -0.461. The number of amides is 1. The van der Waals surface area contributed by atoms with Crippen LogP contribution in [0.5, 0.6) is 5.75 Å². The van der Waals surface area contributed by atoms with Gasteiger partial charge in [-0.1, -0.05) is 12.1 Å². The Morgan fingerprint density at radius 3 is 2.71 bits per heavy atom. The van der Waals surface area contributed by atoms with Crippen LogP contribution in [-0.4, -0.2) is 62.2 Å². The van der Waals surface area contributed by atoms with Crippen LogP contribution in [0.25, 0.3) is 32.6 Å². The number of halogens is 2. The van der Waals surface area contributed by atoms with Gasteiger partial charge in [0.05, 0.1) is 36.5 Å². The molecule has 1 amide bonds. The zero-order valence-electron chi connectivity index (χ0n) is 25.0. The highest BCUT2D eigenvalue weighted by Crippen LogP contribution is 2.44. The van der Waals surface area contributed by atoms with Gasteiger partial charge in [0.15, 0.2) is 0 Å². The van der Waals surface area contributed by atoms with Crippen LogP contribution in [-0.2, 0) is 27.2 Å². The van der Waals surface area contributed by atoms with Crippen LogP contribution in [0.1, 0.15) is 36.8 Å². The van der Waals surface area contributed by atoms with E-state index >= 15 is 4.39 Å². The van der Waals surface area contributed by atoms with Gasteiger partial charge in [-0.3, -0.25) is 4.79 Å². The summed E-state index contributed by atoms with van der Waals surface area (Å²) in [6, 6.07) is 10.3. The number of hydrogen-bond acceptors (Lipinski definition) is 8. The monoisotopic (exact) mass is 634 g/mol. The Hall–Kier alpha value is -3.51. The first kappa shape index (κ1) is 30.2. The molecule has 1 saturated heterocycles. The maximum absolute atomic E-state index is 15.2. The SMILES string of the molecule is O=C(NCCOCCOc1cc(F)ccc1-c1nnc(-c2ccc3c(c2)CCNC3)c2c(F)csc12)C1CCC2(CC1)COC2. The summed E-state index contributed by atoms with van der Waals surface area (Å²) in [6.07, 6.45) is 4.81. The van der Waals surface area contributed by atoms with Crippen LogP contribution in [0.2, 0.25) is 0 Å². The third-order valence-corrected chi connectivity index (χ3v) is 10.2. The molecule has 3 aliphatic rings. The lowest BCUT2D eigenvalue weighted by atomic mass is 9.69. The van der Waals surface area contributed by atoms with Gasteiger partial charge in [0.1, 0.15) is 35.4 Å². The Bertz CT molecular complexity index is 1700. The van der Waals surface area contributed by atoms with Crippen molar-refractivity contribution in [3.63, 3.8) is 0 Å². The second-order valence-corrected chi connectivity index (χ2v) is 13.1. The number of hydrogen-bond donors (Lipinski definition) is 2. The number of thiophene rings is 1. The van der Waals surface area contributed by atoms with E-state index in [0.717, 1.165) is 64.0 Å². The average molecular weight is 635 g/mol. The van der Waals surface area contributed by atoms with Crippen molar-refractivity contribution in [2.24, 2.45) is 11.3 Å². The molecule has 2 fully saturated rings. The summed E-state index contributed by atoms with van der Waals surface area (Å²) in [5, 5.41) is 17.2. The lowest BCUT2D eigenvalue weighted by molar-refractivity contribution is -0.145. The number of aromatic nitrogens is 2. The number of carbonyl (C=O) groups is 1. The minimum absolute atomic E-state index is 0.0574. The van der Waals surface area contributed by atoms with Crippen LogP contribution in [0.3, 0.4) is 0 Å². The fraction of sp³-hybridized carbons (Fsp3) is 0.441. The molecule has 0 radical (unpaired) electrons. The lowest BCUT2D eigenvalue weighted by Crippen LogP contribution is -2.47. The van der Waals surface area contributed by atoms with Gasteiger partial charge in [0.2, 0.25) is 5.91 Å². The Morgan fingerprint density at radius 2 is 1.89 bits per heavy atom. The predicted octanol–water partition coefficient (Wildman–Crippen LogP) is 5.67. The van der Waals surface area contributed by atoms with Crippen LogP contribution >= 0.6 is 11.3 Å². The molecule has 45 heavy (non-hydrogen) atoms. The number of fused-ring (bicyclic) bond motifs is 2. The molecule has 0 unspecified atom stereocenters. The molecule has 0 bridgehead atoms. The van der Waals surface area contributed by atoms with Crippen molar-refractivity contribution in [1.82, 2.24) is 20.8 Å². The molecule has 2 aromatic carbocycles. The van der Waals surface area contributed by atoms with Crippen molar-refractivity contribution in [2.45, 2.75) is 38.6 Å². The second-order valence-electron chi connectivity index (χ2n) is 12.3. The van der Waals surface area contributed by atoms with Crippen LogP contribution in [0, 0.1) is 23.0 Å². The molecule has 8 nitrogen and oxygen atoms in total. The Balaban J connectivity index is 0.977. The number of nitrogens with zero attached hydrogens (tertiary/aromatic N) is 2. The van der Waals surface area contributed by atoms with E-state index < -0.39 is 5.82 Å². The third kappa shape index (κ3) is 6.31. The smallest absolute Gasteiger partial charge is 0.223 e. The number of ether oxygens (including phenoxy) is 3. The largest absolute Gasteiger partial charge is 0.490 e. The summed E-state index contributed by atoms with van der Waals surface area (Å²) in [5.41, 5.74) is 5.03. The fourth-order valence-corrected chi connectivity index (χ4v) is 7.53. The fourth-order valence-electron chi connectivity index (χ4n) is 6.62. The molecule has 236 valence electrons. The molecule has 0 atom stereocenters. The summed E-state index contributed by atoms with van der Waals surface area (Å²) >= 11 is 1.24. The topological polar surface area (TPSA) is 94.6 Å². The first-order valence-electron chi connectivity index (χ1n) is 15.6. The van der Waals surface area contributed by atoms with Crippen molar-refractivity contribution >= 4 is 27.3 Å². The van der Waals surface area contributed by atoms with Gasteiger partial charge in [-0.05, 0) is 68.0 Å². The van der Waals surface area contributed by atoms with Gasteiger partial charge in [-0.25, -0.2) is 8.78 Å². The molecule has 1 spiro atoms. The Labute approximate surface area is 264 Å². The minimum Gasteiger partial charge on any atom is -0.490 e. The van der Waals surface area contributed by atoms with Gasteiger partial charge >= 0.3 is 0 Å². The van der Waals surface area contributed by atoms with E-state index in [1.807, 2.05) is 6.07 Å². The molecule has 2 N–H and O–H groups in total. The zero-order chi connectivity index (χ0) is 30.8. The first-order valence-corrected chi connectivity index (χ1v) is 16.5. The van der Waals surface area contributed by atoms with E-state index in [4.69, 9.17) is 14.2 Å². The van der Waals surface area contributed by atoms with Crippen molar-refractivity contribution in [3.05, 3.63) is 64.5 Å². The van der Waals surface area contributed by atoms with E-state index in [1.165, 1.54) is 40.0 Å². The van der Waals surface area contributed by atoms with Crippen molar-refractivity contribution in [3.8, 4) is 28.3 Å². The van der Waals surface area contributed by atoms with Gasteiger partial charge in [0, 0.05) is 47.0 Å². The maximum atomic E-state index is 15.2. The standard InChI is InChI=1S/C34H36F2N4O4S/c35-25-3-4-26(28(16-25)44-14-13-42-12-11-38-33(41)21-5-8-34(9-6-21)19-43-20-34)31-32-29(27(36)18-45-32)30(39-40-31)23-1-2-24-17-37-10-7-22(24)15-23/h1-4,15-16,18,21,37H,5-14,17,19-20H2,(H,38,41). The van der Waals surface area contributed by atoms with E-state index in [-0.39, 0.29) is 36.6 Å². The normalized spacial score (nSPS) is 17.6. The second kappa shape index (κ2) is 13.1. The van der Waals surface area contributed by atoms with Crippen molar-refractivity contribution in [1.29, 1.82) is 0 Å². The highest BCUT2D eigenvalue weighted by molar-refractivity contribution is 7.17. The van der Waals surface area contributed by atoms with Gasteiger partial charge in [-0.15, -0.1) is 21.5 Å². The molecule has 1 aliphatic carbocycles. The maximum Gasteiger partial charge on any atom is 0.223 e. The van der Waals surface area contributed by atoms with Crippen LogP contribution in [0.15, 0.2) is 41.8 Å². The number of carbonyl (C=O) groups excluding carboxylic acids is 1. The Morgan fingerprint density at radius 1 is 1.04 bits per heavy atom. The van der Waals surface area contributed by atoms with E-state index in [1.54, 1.807) is 6.07 Å². The van der Waals surface area contributed by atoms with E-state index in [0.29, 0.717) is 45.6 Å². The highest BCUT2D eigenvalue weighted by Gasteiger charge is 2.42. The van der Waals surface area contributed by atoms with Crippen LogP contribution < -0.4 is 15.4 Å². The van der Waals surface area contributed by atoms with Gasteiger partial charge in [0.25, 0.3) is 0 Å². The average Bonchev–Trinajstić information content (AvgIpc) is 3.44. The van der Waals surface area contributed by atoms with Gasteiger partial charge in [-0.2, -0.15) is 0 Å². The van der Waals surface area contributed by atoms with Crippen molar-refractivity contribution in [2.75, 3.05) is 46.1 Å². The van der Waals surface area contributed by atoms with Gasteiger partial charge < -0.3 is 24.8 Å². The number of rotatable bonds is 10. The molecule has 2 aromatic heterocycles. The zero-order valence-corrected chi connectivity index (χ0v) is 25.8. The van der Waals surface area contributed by atoms with Crippen LogP contribution in [0.4, 0.5) is 8.78 Å². The number of benzene rings is 2. The van der Waals surface area contributed by atoms with E-state index in [2.05, 4.69) is 33.0 Å². The van der Waals surface area contributed by atoms with Crippen molar-refractivity contribution < 1.29 is 27.8 Å². The molecule has 4 heterocycles. The molecule has 1 saturated carbocycles. The van der Waals surface area contributed by atoms with E-state index in [9.17, 15) is 9.18 Å². The molecular formula is C34H36F2N4O4S. The molecule has 7 rings (SSSR count). The number of nitrogens with one attached hydrogen (secondary N) is 2. The summed E-state index contributed by atoms with van der Waals surface area (Å²) < 4.78 is 47.2. The summed E-state index contributed by atoms with van der Waals surface area (Å²) in [7, 11) is 0. The highest BCUT2D eigenvalue weighted by atomic mass is 32.1. The molecule has 2 aliphatic heterocycles. The summed E-state index contributed by atoms with van der Waals surface area (Å²) in [4.78, 5) is 12.6. The summed E-state index contributed by atoms with van der Waals surface area (Å²) in [5.74, 6) is -0.412. The third-order valence-electron chi connectivity index (χ3n) is 9.28. The predicted molar refractivity (Wildman–Crippen MR) is 168 cm³/mol. The quantitative estimate of drug-likeness (QED) is 0.217. The summed E-state index contributed by atoms with van der Waals surface area (Å²) in [6.45, 7) is 4.55. The lowest BCUT2D eigenvalue weighted by Gasteiger charge is -2.45. The first-order chi connectivity index (χ1) is 22.0. The molecular weight excluding hydrogens is 598 g/mol. The molecule has 4 aromatic rings. The molecule has 11 heteroatoms. The Kier molecular flexibility index (Phi) is 8.76.